The van der Waals surface area contributed by atoms with Crippen LogP contribution in [-0.2, 0) is 0 Å². The van der Waals surface area contributed by atoms with Crippen LogP contribution in [0.5, 0.6) is 5.75 Å². The van der Waals surface area contributed by atoms with Crippen LogP contribution in [0.25, 0.3) is 11.0 Å². The second kappa shape index (κ2) is 5.05. The lowest BCUT2D eigenvalue weighted by Crippen LogP contribution is -2.09. The number of carbonyl (C=O) groups excluding carboxylic acids is 1. The van der Waals surface area contributed by atoms with Gasteiger partial charge in [-0.05, 0) is 30.7 Å². The largest absolute Gasteiger partial charge is 0.423 e. The van der Waals surface area contributed by atoms with Crippen LogP contribution in [0.3, 0.4) is 0 Å². The first-order valence-electron chi connectivity index (χ1n) is 6.07. The Morgan fingerprint density at radius 3 is 2.65 bits per heavy atom. The molecule has 0 aliphatic carbocycles. The van der Waals surface area contributed by atoms with Crippen LogP contribution < -0.4 is 4.74 Å². The number of nitrogens with zero attached hydrogens (tertiary/aromatic N) is 3. The molecule has 2 heterocycles. The number of pyridine rings is 1. The van der Waals surface area contributed by atoms with Gasteiger partial charge in [-0.1, -0.05) is 0 Å². The van der Waals surface area contributed by atoms with Gasteiger partial charge in [-0.25, -0.2) is 4.79 Å². The summed E-state index contributed by atoms with van der Waals surface area (Å²) < 4.78 is 5.32. The maximum atomic E-state index is 12.0. The zero-order valence-electron chi connectivity index (χ0n) is 10.8. The zero-order chi connectivity index (χ0) is 13.9. The summed E-state index contributed by atoms with van der Waals surface area (Å²) in [5.74, 6) is -0.00561. The van der Waals surface area contributed by atoms with Crippen molar-refractivity contribution in [2.75, 3.05) is 0 Å². The fourth-order valence-corrected chi connectivity index (χ4v) is 1.84. The number of hydrogen-bond acceptors (Lipinski definition) is 5. The molecule has 0 spiro atoms. The molecule has 0 N–H and O–H groups in total. The molecule has 0 atom stereocenters. The number of benzene rings is 1. The standard InChI is InChI=1S/C15H11N3O2/c1-10-6-11(9-16-8-10)15(19)20-12-2-3-13-14(7-12)18-5-4-17-13/h2-9H,1H3. The molecular weight excluding hydrogens is 254 g/mol. The highest BCUT2D eigenvalue weighted by Gasteiger charge is 2.10. The van der Waals surface area contributed by atoms with E-state index in [0.29, 0.717) is 16.8 Å². The number of aromatic nitrogens is 3. The van der Waals surface area contributed by atoms with E-state index in [0.717, 1.165) is 11.1 Å². The Morgan fingerprint density at radius 2 is 1.85 bits per heavy atom. The van der Waals surface area contributed by atoms with Crippen molar-refractivity contribution in [3.63, 3.8) is 0 Å². The van der Waals surface area contributed by atoms with Crippen LogP contribution in [0, 0.1) is 6.92 Å². The Kier molecular flexibility index (Phi) is 3.09. The van der Waals surface area contributed by atoms with Crippen LogP contribution in [-0.4, -0.2) is 20.9 Å². The molecule has 0 aliphatic heterocycles. The maximum absolute atomic E-state index is 12.0. The lowest BCUT2D eigenvalue weighted by atomic mass is 10.2. The van der Waals surface area contributed by atoms with E-state index < -0.39 is 5.97 Å². The summed E-state index contributed by atoms with van der Waals surface area (Å²) in [6.07, 6.45) is 6.38. The van der Waals surface area contributed by atoms with E-state index >= 15 is 0 Å². The molecule has 0 saturated carbocycles. The van der Waals surface area contributed by atoms with Crippen LogP contribution in [0.2, 0.25) is 0 Å². The first kappa shape index (κ1) is 12.2. The highest BCUT2D eigenvalue weighted by Crippen LogP contribution is 2.18. The van der Waals surface area contributed by atoms with E-state index in [4.69, 9.17) is 4.74 Å². The molecule has 0 amide bonds. The Balaban J connectivity index is 1.87. The van der Waals surface area contributed by atoms with Gasteiger partial charge in [-0.3, -0.25) is 15.0 Å². The molecule has 0 unspecified atom stereocenters. The summed E-state index contributed by atoms with van der Waals surface area (Å²) in [6.45, 7) is 1.87. The van der Waals surface area contributed by atoms with E-state index in [2.05, 4.69) is 15.0 Å². The highest BCUT2D eigenvalue weighted by molar-refractivity contribution is 5.91. The topological polar surface area (TPSA) is 65.0 Å². The van der Waals surface area contributed by atoms with Gasteiger partial charge in [0.05, 0.1) is 16.6 Å². The minimum absolute atomic E-state index is 0.421. The number of fused-ring (bicyclic) bond motifs is 1. The molecule has 20 heavy (non-hydrogen) atoms. The van der Waals surface area contributed by atoms with Gasteiger partial charge in [0.25, 0.3) is 0 Å². The average molecular weight is 265 g/mol. The van der Waals surface area contributed by atoms with Crippen molar-refractivity contribution >= 4 is 17.0 Å². The number of aryl methyl sites for hydroxylation is 1. The lowest BCUT2D eigenvalue weighted by Gasteiger charge is -2.05. The van der Waals surface area contributed by atoms with Crippen LogP contribution >= 0.6 is 0 Å². The Hall–Kier alpha value is -2.82. The van der Waals surface area contributed by atoms with Crippen molar-refractivity contribution in [3.05, 3.63) is 60.2 Å². The predicted octanol–water partition coefficient (Wildman–Crippen LogP) is 2.55. The van der Waals surface area contributed by atoms with Crippen LogP contribution in [0.1, 0.15) is 15.9 Å². The fraction of sp³-hybridized carbons (Fsp3) is 0.0667. The molecule has 0 radical (unpaired) electrons. The van der Waals surface area contributed by atoms with E-state index in [1.807, 2.05) is 6.92 Å². The van der Waals surface area contributed by atoms with Gasteiger partial charge < -0.3 is 4.74 Å². The van der Waals surface area contributed by atoms with Crippen molar-refractivity contribution in [2.45, 2.75) is 6.92 Å². The van der Waals surface area contributed by atoms with Crippen molar-refractivity contribution in [1.82, 2.24) is 15.0 Å². The van der Waals surface area contributed by atoms with E-state index in [1.54, 1.807) is 42.9 Å². The second-order valence-corrected chi connectivity index (χ2v) is 4.35. The first-order chi connectivity index (χ1) is 9.72. The summed E-state index contributed by atoms with van der Waals surface area (Å²) in [4.78, 5) is 24.3. The zero-order valence-corrected chi connectivity index (χ0v) is 10.8. The van der Waals surface area contributed by atoms with Gasteiger partial charge in [-0.15, -0.1) is 0 Å². The fourth-order valence-electron chi connectivity index (χ4n) is 1.84. The average Bonchev–Trinajstić information content (AvgIpc) is 2.47. The summed E-state index contributed by atoms with van der Waals surface area (Å²) in [5, 5.41) is 0. The third-order valence-electron chi connectivity index (χ3n) is 2.76. The minimum Gasteiger partial charge on any atom is -0.423 e. The Morgan fingerprint density at radius 1 is 1.05 bits per heavy atom. The van der Waals surface area contributed by atoms with Crippen molar-refractivity contribution in [3.8, 4) is 5.75 Å². The molecule has 0 bridgehead atoms. The number of esters is 1. The van der Waals surface area contributed by atoms with Crippen molar-refractivity contribution in [1.29, 1.82) is 0 Å². The lowest BCUT2D eigenvalue weighted by molar-refractivity contribution is 0.0734. The minimum atomic E-state index is -0.440. The number of hydrogen-bond donors (Lipinski definition) is 0. The molecule has 5 heteroatoms. The summed E-state index contributed by atoms with van der Waals surface area (Å²) >= 11 is 0. The molecule has 98 valence electrons. The molecule has 3 aromatic rings. The second-order valence-electron chi connectivity index (χ2n) is 4.35. The van der Waals surface area contributed by atoms with Crippen molar-refractivity contribution < 1.29 is 9.53 Å². The van der Waals surface area contributed by atoms with Gasteiger partial charge >= 0.3 is 5.97 Å². The number of carbonyl (C=O) groups is 1. The summed E-state index contributed by atoms with van der Waals surface area (Å²) in [6, 6.07) is 6.87. The molecule has 0 saturated heterocycles. The molecular formula is C15H11N3O2. The number of rotatable bonds is 2. The summed E-state index contributed by atoms with van der Waals surface area (Å²) in [5.41, 5.74) is 2.76. The third kappa shape index (κ3) is 2.47. The van der Waals surface area contributed by atoms with Crippen molar-refractivity contribution in [2.24, 2.45) is 0 Å². The Labute approximate surface area is 115 Å². The molecule has 2 aromatic heterocycles. The quantitative estimate of drug-likeness (QED) is 0.526. The number of ether oxygens (including phenoxy) is 1. The van der Waals surface area contributed by atoms with E-state index in [9.17, 15) is 4.79 Å². The molecule has 3 rings (SSSR count). The van der Waals surface area contributed by atoms with Gasteiger partial charge in [0, 0.05) is 30.9 Å². The Bertz CT molecular complexity index is 787. The normalized spacial score (nSPS) is 10.4. The molecule has 5 nitrogen and oxygen atoms in total. The molecule has 0 aliphatic rings. The van der Waals surface area contributed by atoms with Gasteiger partial charge in [0.15, 0.2) is 0 Å². The van der Waals surface area contributed by atoms with Gasteiger partial charge in [0.1, 0.15) is 5.75 Å². The van der Waals surface area contributed by atoms with Crippen LogP contribution in [0.4, 0.5) is 0 Å². The monoisotopic (exact) mass is 265 g/mol. The maximum Gasteiger partial charge on any atom is 0.345 e. The third-order valence-corrected chi connectivity index (χ3v) is 2.76. The van der Waals surface area contributed by atoms with Crippen LogP contribution in [0.15, 0.2) is 49.1 Å². The van der Waals surface area contributed by atoms with Gasteiger partial charge in [-0.2, -0.15) is 0 Å². The smallest absolute Gasteiger partial charge is 0.345 e. The van der Waals surface area contributed by atoms with E-state index in [1.165, 1.54) is 6.20 Å². The SMILES string of the molecule is Cc1cncc(C(=O)Oc2ccc3nccnc3c2)c1. The summed E-state index contributed by atoms with van der Waals surface area (Å²) in [7, 11) is 0. The molecule has 1 aromatic carbocycles. The highest BCUT2D eigenvalue weighted by atomic mass is 16.5. The van der Waals surface area contributed by atoms with Gasteiger partial charge in [0.2, 0.25) is 0 Å². The first-order valence-corrected chi connectivity index (χ1v) is 6.07. The predicted molar refractivity (Wildman–Crippen MR) is 73.5 cm³/mol. The molecule has 0 fully saturated rings. The van der Waals surface area contributed by atoms with E-state index in [-0.39, 0.29) is 0 Å².